The molecule has 0 saturated heterocycles. The second-order valence-corrected chi connectivity index (χ2v) is 4.18. The highest BCUT2D eigenvalue weighted by molar-refractivity contribution is 5.81. The summed E-state index contributed by atoms with van der Waals surface area (Å²) in [6, 6.07) is 5.47. The fourth-order valence-electron chi connectivity index (χ4n) is 1.62. The third-order valence-electron chi connectivity index (χ3n) is 2.64. The summed E-state index contributed by atoms with van der Waals surface area (Å²) in [7, 11) is 0. The Bertz CT molecular complexity index is 381. The van der Waals surface area contributed by atoms with Crippen LogP contribution in [0.4, 0.5) is 4.39 Å². The molecule has 3 N–H and O–H groups in total. The molecule has 1 amide bonds. The van der Waals surface area contributed by atoms with Gasteiger partial charge >= 0.3 is 0 Å². The molecule has 94 valence electrons. The van der Waals surface area contributed by atoms with Crippen molar-refractivity contribution < 1.29 is 9.18 Å². The van der Waals surface area contributed by atoms with Crippen LogP contribution >= 0.6 is 0 Å². The lowest BCUT2D eigenvalue weighted by Crippen LogP contribution is -2.41. The van der Waals surface area contributed by atoms with Crippen LogP contribution in [0.2, 0.25) is 0 Å². The molecular formula is C13H19FN2O. The minimum Gasteiger partial charge on any atom is -0.348 e. The van der Waals surface area contributed by atoms with Crippen LogP contribution in [-0.2, 0) is 4.79 Å². The van der Waals surface area contributed by atoms with Crippen molar-refractivity contribution in [3.05, 3.63) is 35.6 Å². The Hall–Kier alpha value is -1.42. The van der Waals surface area contributed by atoms with Crippen LogP contribution in [0.5, 0.6) is 0 Å². The molecule has 1 aromatic carbocycles. The number of halogens is 1. The zero-order valence-corrected chi connectivity index (χ0v) is 10.2. The molecule has 0 fully saturated rings. The van der Waals surface area contributed by atoms with Gasteiger partial charge in [0.05, 0.1) is 12.1 Å². The van der Waals surface area contributed by atoms with Crippen molar-refractivity contribution in [1.29, 1.82) is 0 Å². The molecule has 4 heteroatoms. The van der Waals surface area contributed by atoms with E-state index in [2.05, 4.69) is 5.32 Å². The summed E-state index contributed by atoms with van der Waals surface area (Å²) in [6.07, 6.45) is 1.52. The molecule has 3 nitrogen and oxygen atoms in total. The number of hydrogen-bond donors (Lipinski definition) is 2. The minimum atomic E-state index is -0.490. The number of nitrogens with two attached hydrogens (primary N) is 1. The summed E-state index contributed by atoms with van der Waals surface area (Å²) in [5.41, 5.74) is 6.44. The number of carbonyl (C=O) groups is 1. The highest BCUT2D eigenvalue weighted by atomic mass is 19.1. The maximum atomic E-state index is 13.0. The summed E-state index contributed by atoms with van der Waals surface area (Å²) >= 11 is 0. The van der Waals surface area contributed by atoms with Crippen LogP contribution < -0.4 is 11.1 Å². The van der Waals surface area contributed by atoms with Gasteiger partial charge in [-0.1, -0.05) is 25.5 Å². The molecule has 1 aromatic rings. The number of hydrogen-bond acceptors (Lipinski definition) is 2. The molecule has 0 aliphatic carbocycles. The Balaban J connectivity index is 2.60. The monoisotopic (exact) mass is 238 g/mol. The zero-order chi connectivity index (χ0) is 12.8. The first-order valence-electron chi connectivity index (χ1n) is 5.86. The van der Waals surface area contributed by atoms with E-state index in [4.69, 9.17) is 5.73 Å². The van der Waals surface area contributed by atoms with Crippen LogP contribution in [0.3, 0.4) is 0 Å². The molecule has 0 radical (unpaired) electrons. The summed E-state index contributed by atoms with van der Waals surface area (Å²) in [4.78, 5) is 11.7. The van der Waals surface area contributed by atoms with Crippen LogP contribution in [0.25, 0.3) is 0 Å². The van der Waals surface area contributed by atoms with Gasteiger partial charge in [0.15, 0.2) is 0 Å². The molecule has 0 saturated carbocycles. The quantitative estimate of drug-likeness (QED) is 0.825. The summed E-state index contributed by atoms with van der Waals surface area (Å²) in [6.45, 7) is 3.79. The lowest BCUT2D eigenvalue weighted by Gasteiger charge is -2.17. The van der Waals surface area contributed by atoms with Gasteiger partial charge in [-0.05, 0) is 31.0 Å². The largest absolute Gasteiger partial charge is 0.348 e. The van der Waals surface area contributed by atoms with Crippen molar-refractivity contribution in [2.75, 3.05) is 0 Å². The Labute approximate surface area is 101 Å². The highest BCUT2D eigenvalue weighted by Gasteiger charge is 2.15. The maximum absolute atomic E-state index is 13.0. The molecule has 0 aromatic heterocycles. The fourth-order valence-corrected chi connectivity index (χ4v) is 1.62. The van der Waals surface area contributed by atoms with Crippen molar-refractivity contribution in [2.45, 2.75) is 38.8 Å². The molecule has 0 unspecified atom stereocenters. The standard InChI is InChI=1S/C13H19FN2O/c1-3-5-12(15)13(17)16-9(2)10-6-4-7-11(14)8-10/h4,6-9,12H,3,5,15H2,1-2H3,(H,16,17)/t9-,12+/m0/s1. The van der Waals surface area contributed by atoms with Gasteiger partial charge in [0, 0.05) is 0 Å². The number of carbonyl (C=O) groups excluding carboxylic acids is 1. The molecule has 0 bridgehead atoms. The molecule has 17 heavy (non-hydrogen) atoms. The van der Waals surface area contributed by atoms with Crippen LogP contribution in [0.1, 0.15) is 38.3 Å². The third-order valence-corrected chi connectivity index (χ3v) is 2.64. The van der Waals surface area contributed by atoms with E-state index in [0.717, 1.165) is 12.0 Å². The molecule has 0 heterocycles. The Kier molecular flexibility index (Phi) is 5.10. The first kappa shape index (κ1) is 13.6. The smallest absolute Gasteiger partial charge is 0.237 e. The van der Waals surface area contributed by atoms with Gasteiger partial charge < -0.3 is 11.1 Å². The van der Waals surface area contributed by atoms with E-state index < -0.39 is 6.04 Å². The van der Waals surface area contributed by atoms with Crippen molar-refractivity contribution in [3.8, 4) is 0 Å². The molecule has 0 aliphatic heterocycles. The normalized spacial score (nSPS) is 14.1. The van der Waals surface area contributed by atoms with Crippen molar-refractivity contribution in [1.82, 2.24) is 5.32 Å². The van der Waals surface area contributed by atoms with Gasteiger partial charge in [-0.2, -0.15) is 0 Å². The number of rotatable bonds is 5. The van der Waals surface area contributed by atoms with Gasteiger partial charge in [-0.3, -0.25) is 4.79 Å². The fraction of sp³-hybridized carbons (Fsp3) is 0.462. The molecule has 1 rings (SSSR count). The second kappa shape index (κ2) is 6.35. The van der Waals surface area contributed by atoms with E-state index in [0.29, 0.717) is 6.42 Å². The first-order valence-corrected chi connectivity index (χ1v) is 5.86. The van der Waals surface area contributed by atoms with Crippen LogP contribution in [0.15, 0.2) is 24.3 Å². The lowest BCUT2D eigenvalue weighted by molar-refractivity contribution is -0.123. The van der Waals surface area contributed by atoms with E-state index in [1.54, 1.807) is 12.1 Å². The lowest BCUT2D eigenvalue weighted by atomic mass is 10.1. The molecule has 0 aliphatic rings. The molecule has 0 spiro atoms. The molecule has 2 atom stereocenters. The summed E-state index contributed by atoms with van der Waals surface area (Å²) < 4.78 is 13.0. The van der Waals surface area contributed by atoms with E-state index in [1.165, 1.54) is 12.1 Å². The average Bonchev–Trinajstić information content (AvgIpc) is 2.29. The van der Waals surface area contributed by atoms with Crippen LogP contribution in [-0.4, -0.2) is 11.9 Å². The zero-order valence-electron chi connectivity index (χ0n) is 10.2. The van der Waals surface area contributed by atoms with Crippen molar-refractivity contribution in [2.24, 2.45) is 5.73 Å². The van der Waals surface area contributed by atoms with Crippen molar-refractivity contribution in [3.63, 3.8) is 0 Å². The van der Waals surface area contributed by atoms with Gasteiger partial charge in [-0.15, -0.1) is 0 Å². The van der Waals surface area contributed by atoms with E-state index >= 15 is 0 Å². The van der Waals surface area contributed by atoms with E-state index in [9.17, 15) is 9.18 Å². The SMILES string of the molecule is CCC[C@@H](N)C(=O)N[C@@H](C)c1cccc(F)c1. The van der Waals surface area contributed by atoms with Gasteiger partial charge in [0.2, 0.25) is 5.91 Å². The Morgan fingerprint density at radius 1 is 1.53 bits per heavy atom. The predicted molar refractivity (Wildman–Crippen MR) is 65.8 cm³/mol. The van der Waals surface area contributed by atoms with Crippen molar-refractivity contribution >= 4 is 5.91 Å². The molecular weight excluding hydrogens is 219 g/mol. The van der Waals surface area contributed by atoms with Gasteiger partial charge in [-0.25, -0.2) is 4.39 Å². The van der Waals surface area contributed by atoms with Gasteiger partial charge in [0.25, 0.3) is 0 Å². The Morgan fingerprint density at radius 2 is 2.24 bits per heavy atom. The predicted octanol–water partition coefficient (Wildman–Crippen LogP) is 2.13. The number of amides is 1. The third kappa shape index (κ3) is 4.15. The van der Waals surface area contributed by atoms with Crippen LogP contribution in [0, 0.1) is 5.82 Å². The second-order valence-electron chi connectivity index (χ2n) is 4.18. The van der Waals surface area contributed by atoms with E-state index in [1.807, 2.05) is 13.8 Å². The Morgan fingerprint density at radius 3 is 2.82 bits per heavy atom. The number of benzene rings is 1. The maximum Gasteiger partial charge on any atom is 0.237 e. The van der Waals surface area contributed by atoms with Gasteiger partial charge in [0.1, 0.15) is 5.82 Å². The number of nitrogens with one attached hydrogen (secondary N) is 1. The highest BCUT2D eigenvalue weighted by Crippen LogP contribution is 2.13. The average molecular weight is 238 g/mol. The topological polar surface area (TPSA) is 55.1 Å². The van der Waals surface area contributed by atoms with E-state index in [-0.39, 0.29) is 17.8 Å². The minimum absolute atomic E-state index is 0.191. The summed E-state index contributed by atoms with van der Waals surface area (Å²) in [5, 5.41) is 2.78. The summed E-state index contributed by atoms with van der Waals surface area (Å²) in [5.74, 6) is -0.495. The first-order chi connectivity index (χ1) is 8.04.